The van der Waals surface area contributed by atoms with Gasteiger partial charge in [-0.1, -0.05) is 42.5 Å². The van der Waals surface area contributed by atoms with Crippen LogP contribution in [0.3, 0.4) is 0 Å². The number of hydrogen-bond donors (Lipinski definition) is 0. The molecule has 0 heteroatoms. The lowest BCUT2D eigenvalue weighted by Crippen LogP contribution is -2.25. The highest BCUT2D eigenvalue weighted by Gasteiger charge is 2.37. The van der Waals surface area contributed by atoms with Gasteiger partial charge in [-0.05, 0) is 47.6 Å². The van der Waals surface area contributed by atoms with Gasteiger partial charge in [-0.25, -0.2) is 0 Å². The summed E-state index contributed by atoms with van der Waals surface area (Å²) in [6.07, 6.45) is 2.66. The molecular weight excluding hydrogens is 204 g/mol. The molecule has 17 heavy (non-hydrogen) atoms. The first-order valence-corrected chi connectivity index (χ1v) is 6.54. The Hall–Kier alpha value is -1.56. The molecule has 2 atom stereocenters. The molecule has 0 N–H and O–H groups in total. The van der Waals surface area contributed by atoms with E-state index in [-0.39, 0.29) is 0 Å². The lowest BCUT2D eigenvalue weighted by molar-refractivity contribution is 0.517. The second-order valence-electron chi connectivity index (χ2n) is 5.39. The lowest BCUT2D eigenvalue weighted by Gasteiger charge is -2.41. The van der Waals surface area contributed by atoms with E-state index in [0.717, 1.165) is 0 Å². The fourth-order valence-corrected chi connectivity index (χ4v) is 3.90. The van der Waals surface area contributed by atoms with Crippen LogP contribution in [0.5, 0.6) is 0 Å². The average molecular weight is 220 g/mol. The predicted molar refractivity (Wildman–Crippen MR) is 70.5 cm³/mol. The third-order valence-corrected chi connectivity index (χ3v) is 4.57. The number of benzene rings is 2. The molecule has 0 nitrogen and oxygen atoms in total. The lowest BCUT2D eigenvalue weighted by atomic mass is 9.63. The topological polar surface area (TPSA) is 0 Å². The quantitative estimate of drug-likeness (QED) is 0.618. The third kappa shape index (κ3) is 1.13. The van der Waals surface area contributed by atoms with Crippen molar-refractivity contribution in [1.82, 2.24) is 0 Å². The number of aryl methyl sites for hydroxylation is 1. The molecule has 2 aromatic rings. The van der Waals surface area contributed by atoms with Crippen LogP contribution in [0.1, 0.15) is 52.5 Å². The van der Waals surface area contributed by atoms with E-state index >= 15 is 0 Å². The molecule has 2 unspecified atom stereocenters. The summed E-state index contributed by atoms with van der Waals surface area (Å²) in [5.74, 6) is 1.32. The minimum absolute atomic E-state index is 0.658. The highest BCUT2D eigenvalue weighted by molar-refractivity contribution is 5.57. The van der Waals surface area contributed by atoms with E-state index in [1.807, 2.05) is 0 Å². The van der Waals surface area contributed by atoms with Crippen LogP contribution in [0.2, 0.25) is 0 Å². The van der Waals surface area contributed by atoms with E-state index < -0.39 is 0 Å². The highest BCUT2D eigenvalue weighted by Crippen LogP contribution is 2.53. The van der Waals surface area contributed by atoms with Gasteiger partial charge in [-0.15, -0.1) is 0 Å². The van der Waals surface area contributed by atoms with Crippen molar-refractivity contribution >= 4 is 0 Å². The predicted octanol–water partition coefficient (Wildman–Crippen LogP) is 4.37. The molecule has 3 aliphatic rings. The van der Waals surface area contributed by atoms with Crippen LogP contribution >= 0.6 is 0 Å². The van der Waals surface area contributed by atoms with Crippen LogP contribution in [0.15, 0.2) is 42.5 Å². The van der Waals surface area contributed by atoms with E-state index in [2.05, 4.69) is 49.4 Å². The minimum Gasteiger partial charge on any atom is -0.0620 e. The van der Waals surface area contributed by atoms with Crippen LogP contribution < -0.4 is 0 Å². The Balaban J connectivity index is 2.05. The van der Waals surface area contributed by atoms with E-state index in [1.54, 1.807) is 22.3 Å². The molecule has 0 spiro atoms. The van der Waals surface area contributed by atoms with Crippen molar-refractivity contribution in [1.29, 1.82) is 0 Å². The van der Waals surface area contributed by atoms with Crippen molar-refractivity contribution in [2.75, 3.05) is 0 Å². The van der Waals surface area contributed by atoms with Crippen LogP contribution in [-0.2, 0) is 0 Å². The maximum atomic E-state index is 2.34. The van der Waals surface area contributed by atoms with E-state index in [1.165, 1.54) is 18.4 Å². The van der Waals surface area contributed by atoms with Gasteiger partial charge in [0.15, 0.2) is 0 Å². The fraction of sp³-hybridized carbons (Fsp3) is 0.294. The Labute approximate surface area is 102 Å². The molecule has 0 amide bonds. The van der Waals surface area contributed by atoms with Crippen molar-refractivity contribution in [3.63, 3.8) is 0 Å². The molecule has 0 heterocycles. The number of fused-ring (bicyclic) bond motifs is 1. The SMILES string of the molecule is Cc1cccc2c1C1CCC2c2ccccc21. The second-order valence-corrected chi connectivity index (χ2v) is 5.39. The summed E-state index contributed by atoms with van der Waals surface area (Å²) >= 11 is 0. The Morgan fingerprint density at radius 1 is 0.765 bits per heavy atom. The van der Waals surface area contributed by atoms with Gasteiger partial charge < -0.3 is 0 Å². The summed E-state index contributed by atoms with van der Waals surface area (Å²) in [6.45, 7) is 2.27. The monoisotopic (exact) mass is 220 g/mol. The van der Waals surface area contributed by atoms with E-state index in [4.69, 9.17) is 0 Å². The zero-order chi connectivity index (χ0) is 11.4. The zero-order valence-corrected chi connectivity index (χ0v) is 10.1. The first-order valence-electron chi connectivity index (χ1n) is 6.54. The van der Waals surface area contributed by atoms with Gasteiger partial charge in [0.2, 0.25) is 0 Å². The van der Waals surface area contributed by atoms with E-state index in [0.29, 0.717) is 11.8 Å². The molecule has 0 aromatic heterocycles. The molecule has 0 aliphatic heterocycles. The summed E-state index contributed by atoms with van der Waals surface area (Å²) in [7, 11) is 0. The summed E-state index contributed by atoms with van der Waals surface area (Å²) in [5.41, 5.74) is 7.88. The highest BCUT2D eigenvalue weighted by atomic mass is 14.4. The third-order valence-electron chi connectivity index (χ3n) is 4.57. The standard InChI is InChI=1S/C17H16/c1-11-5-4-8-15-14-9-10-16(17(11)15)13-7-3-2-6-12(13)14/h2-8,14,16H,9-10H2,1H3. The molecule has 0 radical (unpaired) electrons. The summed E-state index contributed by atoms with van der Waals surface area (Å²) in [6, 6.07) is 15.9. The average Bonchev–Trinajstić information content (AvgIpc) is 2.40. The summed E-state index contributed by atoms with van der Waals surface area (Å²) in [5, 5.41) is 0. The zero-order valence-electron chi connectivity index (χ0n) is 10.1. The number of rotatable bonds is 0. The first kappa shape index (κ1) is 9.47. The van der Waals surface area contributed by atoms with Crippen LogP contribution in [0.4, 0.5) is 0 Å². The van der Waals surface area contributed by atoms with Gasteiger partial charge in [0.25, 0.3) is 0 Å². The maximum absolute atomic E-state index is 2.34. The van der Waals surface area contributed by atoms with Crippen molar-refractivity contribution < 1.29 is 0 Å². The van der Waals surface area contributed by atoms with Gasteiger partial charge in [0, 0.05) is 11.8 Å². The first-order chi connectivity index (χ1) is 8.36. The van der Waals surface area contributed by atoms with Crippen LogP contribution in [0, 0.1) is 6.92 Å². The van der Waals surface area contributed by atoms with Crippen molar-refractivity contribution in [2.24, 2.45) is 0 Å². The Morgan fingerprint density at radius 2 is 1.41 bits per heavy atom. The van der Waals surface area contributed by atoms with Crippen LogP contribution in [0.25, 0.3) is 0 Å². The second kappa shape index (κ2) is 3.22. The number of hydrogen-bond acceptors (Lipinski definition) is 0. The van der Waals surface area contributed by atoms with Crippen molar-refractivity contribution in [2.45, 2.75) is 31.6 Å². The Bertz CT molecular complexity index is 595. The molecular formula is C17H16. The Morgan fingerprint density at radius 3 is 2.24 bits per heavy atom. The van der Waals surface area contributed by atoms with Gasteiger partial charge in [0.1, 0.15) is 0 Å². The summed E-state index contributed by atoms with van der Waals surface area (Å²) < 4.78 is 0. The normalized spacial score (nSPS) is 24.3. The molecule has 5 rings (SSSR count). The molecule has 0 fully saturated rings. The summed E-state index contributed by atoms with van der Waals surface area (Å²) in [4.78, 5) is 0. The van der Waals surface area contributed by atoms with Crippen molar-refractivity contribution in [3.8, 4) is 0 Å². The van der Waals surface area contributed by atoms with Gasteiger partial charge in [-0.2, -0.15) is 0 Å². The van der Waals surface area contributed by atoms with Crippen LogP contribution in [-0.4, -0.2) is 0 Å². The molecule has 2 aromatic carbocycles. The largest absolute Gasteiger partial charge is 0.0620 e. The Kier molecular flexibility index (Phi) is 1.80. The molecule has 0 saturated carbocycles. The van der Waals surface area contributed by atoms with Gasteiger partial charge in [-0.3, -0.25) is 0 Å². The van der Waals surface area contributed by atoms with Gasteiger partial charge in [0.05, 0.1) is 0 Å². The van der Waals surface area contributed by atoms with E-state index in [9.17, 15) is 0 Å². The van der Waals surface area contributed by atoms with Gasteiger partial charge >= 0.3 is 0 Å². The molecule has 2 bridgehead atoms. The fourth-order valence-electron chi connectivity index (χ4n) is 3.90. The molecule has 0 saturated heterocycles. The molecule has 84 valence electrons. The smallest absolute Gasteiger partial charge is 0.00982 e. The van der Waals surface area contributed by atoms with Crippen molar-refractivity contribution in [3.05, 3.63) is 70.3 Å². The maximum Gasteiger partial charge on any atom is 0.00982 e. The minimum atomic E-state index is 0.658. The molecule has 3 aliphatic carbocycles.